The van der Waals surface area contributed by atoms with Crippen LogP contribution in [0.4, 0.5) is 4.79 Å². The Hall–Kier alpha value is -1.26. The molecule has 1 unspecified atom stereocenters. The summed E-state index contributed by atoms with van der Waals surface area (Å²) >= 11 is 0. The lowest BCUT2D eigenvalue weighted by atomic mass is 10.2. The van der Waals surface area contributed by atoms with Crippen LogP contribution >= 0.6 is 0 Å². The summed E-state index contributed by atoms with van der Waals surface area (Å²) in [7, 11) is 0. The van der Waals surface area contributed by atoms with Crippen molar-refractivity contribution in [2.45, 2.75) is 39.2 Å². The van der Waals surface area contributed by atoms with E-state index in [1.807, 2.05) is 6.92 Å². The van der Waals surface area contributed by atoms with Crippen LogP contribution in [0, 0.1) is 5.92 Å². The molecule has 1 aliphatic rings. The molecule has 1 saturated carbocycles. The quantitative estimate of drug-likeness (QED) is 0.719. The highest BCUT2D eigenvalue weighted by molar-refractivity contribution is 5.82. The third-order valence-corrected chi connectivity index (χ3v) is 2.85. The predicted molar refractivity (Wildman–Crippen MR) is 60.2 cm³/mol. The average molecular weight is 228 g/mol. The maximum atomic E-state index is 11.8. The van der Waals surface area contributed by atoms with Gasteiger partial charge in [-0.15, -0.1) is 0 Å². The third-order valence-electron chi connectivity index (χ3n) is 2.85. The van der Waals surface area contributed by atoms with Gasteiger partial charge in [0.15, 0.2) is 0 Å². The second-order valence-electron chi connectivity index (χ2n) is 4.23. The monoisotopic (exact) mass is 228 g/mol. The molecule has 1 rings (SSSR count). The maximum absolute atomic E-state index is 11.8. The zero-order valence-electron chi connectivity index (χ0n) is 9.90. The second kappa shape index (κ2) is 5.72. The van der Waals surface area contributed by atoms with Gasteiger partial charge in [-0.25, -0.2) is 9.59 Å². The lowest BCUT2D eigenvalue weighted by Gasteiger charge is -2.23. The van der Waals surface area contributed by atoms with Gasteiger partial charge in [0, 0.05) is 13.1 Å². The molecule has 1 fully saturated rings. The Labute approximate surface area is 95.8 Å². The van der Waals surface area contributed by atoms with Gasteiger partial charge >= 0.3 is 12.0 Å². The molecule has 16 heavy (non-hydrogen) atoms. The number of nitrogens with one attached hydrogen (secondary N) is 1. The molecule has 0 bridgehead atoms. The predicted octanol–water partition coefficient (Wildman–Crippen LogP) is 1.29. The zero-order valence-corrected chi connectivity index (χ0v) is 9.90. The molecule has 1 aliphatic carbocycles. The van der Waals surface area contributed by atoms with Crippen LogP contribution in [-0.4, -0.2) is 41.1 Å². The van der Waals surface area contributed by atoms with Gasteiger partial charge in [-0.05, 0) is 32.1 Å². The fourth-order valence-corrected chi connectivity index (χ4v) is 1.55. The molecule has 0 aromatic carbocycles. The van der Waals surface area contributed by atoms with Gasteiger partial charge in [0.25, 0.3) is 0 Å². The van der Waals surface area contributed by atoms with Gasteiger partial charge in [-0.1, -0.05) is 6.92 Å². The van der Waals surface area contributed by atoms with E-state index in [2.05, 4.69) is 5.32 Å². The molecule has 5 nitrogen and oxygen atoms in total. The Balaban J connectivity index is 2.43. The van der Waals surface area contributed by atoms with Crippen molar-refractivity contribution in [1.29, 1.82) is 0 Å². The smallest absolute Gasteiger partial charge is 0.326 e. The molecule has 0 aromatic rings. The van der Waals surface area contributed by atoms with Crippen LogP contribution in [0.25, 0.3) is 0 Å². The van der Waals surface area contributed by atoms with Crippen LogP contribution in [0.1, 0.15) is 33.1 Å². The van der Waals surface area contributed by atoms with Crippen LogP contribution in [-0.2, 0) is 4.79 Å². The number of amides is 2. The minimum atomic E-state index is -0.974. The Kier molecular flexibility index (Phi) is 4.58. The van der Waals surface area contributed by atoms with E-state index in [9.17, 15) is 9.59 Å². The van der Waals surface area contributed by atoms with E-state index in [0.717, 1.165) is 6.54 Å². The van der Waals surface area contributed by atoms with Gasteiger partial charge in [0.05, 0.1) is 0 Å². The van der Waals surface area contributed by atoms with Crippen molar-refractivity contribution in [2.75, 3.05) is 13.1 Å². The Morgan fingerprint density at radius 3 is 2.44 bits per heavy atom. The lowest BCUT2D eigenvalue weighted by Crippen LogP contribution is -2.48. The number of carboxylic acid groups (broad SMARTS) is 1. The number of nitrogens with zero attached hydrogens (tertiary/aromatic N) is 1. The van der Waals surface area contributed by atoms with Gasteiger partial charge < -0.3 is 15.3 Å². The number of aliphatic carboxylic acids is 1. The van der Waals surface area contributed by atoms with Crippen molar-refractivity contribution in [2.24, 2.45) is 5.92 Å². The van der Waals surface area contributed by atoms with E-state index in [4.69, 9.17) is 5.11 Å². The first-order valence-corrected chi connectivity index (χ1v) is 5.86. The molecule has 0 aliphatic heterocycles. The number of rotatable bonds is 6. The molecule has 5 heteroatoms. The first-order valence-electron chi connectivity index (χ1n) is 5.86. The number of hydrogen-bond acceptors (Lipinski definition) is 2. The van der Waals surface area contributed by atoms with Crippen LogP contribution in [0.2, 0.25) is 0 Å². The highest BCUT2D eigenvalue weighted by Gasteiger charge is 2.27. The SMILES string of the molecule is CCC(NC(=O)N(CC)CC1CC1)C(=O)O. The number of carbonyl (C=O) groups excluding carboxylic acids is 1. The molecule has 0 heterocycles. The normalized spacial score (nSPS) is 16.6. The van der Waals surface area contributed by atoms with Crippen molar-refractivity contribution >= 4 is 12.0 Å². The molecule has 1 atom stereocenters. The Bertz CT molecular complexity index is 264. The molecular formula is C11H20N2O3. The van der Waals surface area contributed by atoms with Crippen LogP contribution in [0.15, 0.2) is 0 Å². The molecule has 92 valence electrons. The summed E-state index contributed by atoms with van der Waals surface area (Å²) in [5.41, 5.74) is 0. The molecular weight excluding hydrogens is 208 g/mol. The van der Waals surface area contributed by atoms with Gasteiger partial charge in [0.1, 0.15) is 6.04 Å². The summed E-state index contributed by atoms with van der Waals surface area (Å²) in [4.78, 5) is 24.2. The fraction of sp³-hybridized carbons (Fsp3) is 0.818. The van der Waals surface area contributed by atoms with E-state index >= 15 is 0 Å². The van der Waals surface area contributed by atoms with Gasteiger partial charge in [-0.3, -0.25) is 0 Å². The largest absolute Gasteiger partial charge is 0.480 e. The molecule has 2 N–H and O–H groups in total. The third kappa shape index (κ3) is 3.72. The highest BCUT2D eigenvalue weighted by atomic mass is 16.4. The second-order valence-corrected chi connectivity index (χ2v) is 4.23. The van der Waals surface area contributed by atoms with Gasteiger partial charge in [0.2, 0.25) is 0 Å². The van der Waals surface area contributed by atoms with E-state index in [-0.39, 0.29) is 6.03 Å². The summed E-state index contributed by atoms with van der Waals surface area (Å²) in [5, 5.41) is 11.4. The highest BCUT2D eigenvalue weighted by Crippen LogP contribution is 2.29. The summed E-state index contributed by atoms with van der Waals surface area (Å²) < 4.78 is 0. The van der Waals surface area contributed by atoms with Crippen LogP contribution < -0.4 is 5.32 Å². The van der Waals surface area contributed by atoms with Crippen LogP contribution in [0.5, 0.6) is 0 Å². The zero-order chi connectivity index (χ0) is 12.1. The minimum absolute atomic E-state index is 0.261. The average Bonchev–Trinajstić information content (AvgIpc) is 3.05. The van der Waals surface area contributed by atoms with Crippen molar-refractivity contribution in [3.8, 4) is 0 Å². The number of urea groups is 1. The molecule has 2 amide bonds. The van der Waals surface area contributed by atoms with E-state index in [0.29, 0.717) is 18.9 Å². The summed E-state index contributed by atoms with van der Waals surface area (Å²) in [6.07, 6.45) is 2.77. The number of carboxylic acids is 1. The molecule has 0 radical (unpaired) electrons. The molecule has 0 spiro atoms. The Morgan fingerprint density at radius 2 is 2.06 bits per heavy atom. The van der Waals surface area contributed by atoms with Crippen molar-refractivity contribution in [3.63, 3.8) is 0 Å². The van der Waals surface area contributed by atoms with Gasteiger partial charge in [-0.2, -0.15) is 0 Å². The summed E-state index contributed by atoms with van der Waals surface area (Å²) in [6, 6.07) is -1.04. The first kappa shape index (κ1) is 12.8. The first-order chi connectivity index (χ1) is 7.58. The maximum Gasteiger partial charge on any atom is 0.326 e. The van der Waals surface area contributed by atoms with Crippen molar-refractivity contribution < 1.29 is 14.7 Å². The van der Waals surface area contributed by atoms with E-state index in [1.54, 1.807) is 11.8 Å². The molecule has 0 aromatic heterocycles. The lowest BCUT2D eigenvalue weighted by molar-refractivity contribution is -0.139. The number of hydrogen-bond donors (Lipinski definition) is 2. The summed E-state index contributed by atoms with van der Waals surface area (Å²) in [6.45, 7) is 5.02. The Morgan fingerprint density at radius 1 is 1.44 bits per heavy atom. The minimum Gasteiger partial charge on any atom is -0.480 e. The standard InChI is InChI=1S/C11H20N2O3/c1-3-9(10(14)15)12-11(16)13(4-2)7-8-5-6-8/h8-9H,3-7H2,1-2H3,(H,12,16)(H,14,15). The summed E-state index contributed by atoms with van der Waals surface area (Å²) in [5.74, 6) is -0.353. The van der Waals surface area contributed by atoms with Crippen molar-refractivity contribution in [1.82, 2.24) is 10.2 Å². The van der Waals surface area contributed by atoms with Crippen LogP contribution in [0.3, 0.4) is 0 Å². The number of carbonyl (C=O) groups is 2. The topological polar surface area (TPSA) is 69.6 Å². The van der Waals surface area contributed by atoms with E-state index < -0.39 is 12.0 Å². The molecule has 0 saturated heterocycles. The fourth-order valence-electron chi connectivity index (χ4n) is 1.55. The van der Waals surface area contributed by atoms with Crippen molar-refractivity contribution in [3.05, 3.63) is 0 Å². The van der Waals surface area contributed by atoms with E-state index in [1.165, 1.54) is 12.8 Å².